The zero-order valence-electron chi connectivity index (χ0n) is 21.5. The number of aliphatic hydroxyl groups excluding tert-OH is 1. The Morgan fingerprint density at radius 1 is 0.973 bits per heavy atom. The van der Waals surface area contributed by atoms with E-state index in [1.54, 1.807) is 24.3 Å². The van der Waals surface area contributed by atoms with Crippen molar-refractivity contribution in [2.75, 3.05) is 4.90 Å². The number of carbonyl (C=O) groups excluding carboxylic acids is 2. The highest BCUT2D eigenvalue weighted by atomic mass is 35.5. The number of carbonyl (C=O) groups is 2. The van der Waals surface area contributed by atoms with Crippen molar-refractivity contribution >= 4 is 45.6 Å². The van der Waals surface area contributed by atoms with Crippen molar-refractivity contribution in [1.82, 2.24) is 4.57 Å². The Morgan fingerprint density at radius 3 is 2.41 bits per heavy atom. The molecule has 1 fully saturated rings. The summed E-state index contributed by atoms with van der Waals surface area (Å²) in [7, 11) is 1.92. The van der Waals surface area contributed by atoms with E-state index in [4.69, 9.17) is 11.6 Å². The molecule has 1 aliphatic heterocycles. The van der Waals surface area contributed by atoms with Crippen molar-refractivity contribution in [2.45, 2.75) is 39.2 Å². The molecule has 3 aromatic carbocycles. The lowest BCUT2D eigenvalue weighted by Crippen LogP contribution is -2.29. The average Bonchev–Trinajstić information content (AvgIpc) is 3.31. The van der Waals surface area contributed by atoms with Crippen molar-refractivity contribution in [3.63, 3.8) is 0 Å². The van der Waals surface area contributed by atoms with Gasteiger partial charge in [0, 0.05) is 46.0 Å². The van der Waals surface area contributed by atoms with E-state index in [9.17, 15) is 14.7 Å². The van der Waals surface area contributed by atoms with Crippen LogP contribution < -0.4 is 4.90 Å². The van der Waals surface area contributed by atoms with Crippen LogP contribution in [0.25, 0.3) is 16.7 Å². The summed E-state index contributed by atoms with van der Waals surface area (Å²) < 4.78 is 1.97. The minimum Gasteiger partial charge on any atom is -0.507 e. The molecule has 2 heterocycles. The molecule has 1 N–H and O–H groups in total. The van der Waals surface area contributed by atoms with Crippen molar-refractivity contribution < 1.29 is 14.7 Å². The lowest BCUT2D eigenvalue weighted by molar-refractivity contribution is -0.132. The van der Waals surface area contributed by atoms with E-state index < -0.39 is 17.7 Å². The van der Waals surface area contributed by atoms with Gasteiger partial charge in [-0.05, 0) is 53.8 Å². The average molecular weight is 513 g/mol. The van der Waals surface area contributed by atoms with Gasteiger partial charge in [-0.1, -0.05) is 68.8 Å². The fourth-order valence-electron chi connectivity index (χ4n) is 5.10. The van der Waals surface area contributed by atoms with Crippen LogP contribution in [0, 0.1) is 6.92 Å². The van der Waals surface area contributed by atoms with Gasteiger partial charge in [-0.3, -0.25) is 14.5 Å². The Kier molecular flexibility index (Phi) is 5.99. The van der Waals surface area contributed by atoms with Crippen LogP contribution in [0.4, 0.5) is 5.69 Å². The first-order valence-electron chi connectivity index (χ1n) is 12.2. The van der Waals surface area contributed by atoms with Crippen molar-refractivity contribution in [2.24, 2.45) is 7.05 Å². The standard InChI is InChI=1S/C31H29ClN2O3/c1-18-13-14-19(31(2,3)4)15-23(18)28(35)26-27(24-17-33(5)25-12-7-6-11-22(24)25)34(30(37)29(26)36)21-10-8-9-20(32)16-21/h6-17,27,35H,1-5H3/b28-26+. The van der Waals surface area contributed by atoms with Crippen LogP contribution in [0.15, 0.2) is 78.5 Å². The van der Waals surface area contributed by atoms with E-state index in [1.165, 1.54) is 4.90 Å². The van der Waals surface area contributed by atoms with Gasteiger partial charge in [0.05, 0.1) is 11.6 Å². The Hall–Kier alpha value is -3.83. The van der Waals surface area contributed by atoms with Gasteiger partial charge in [-0.25, -0.2) is 0 Å². The second kappa shape index (κ2) is 8.93. The monoisotopic (exact) mass is 512 g/mol. The lowest BCUT2D eigenvalue weighted by atomic mass is 9.84. The summed E-state index contributed by atoms with van der Waals surface area (Å²) in [5.74, 6) is -1.60. The Labute approximate surface area is 221 Å². The molecule has 37 heavy (non-hydrogen) atoms. The van der Waals surface area contributed by atoms with E-state index in [0.717, 1.165) is 27.6 Å². The number of amides is 1. The third-order valence-corrected chi connectivity index (χ3v) is 7.35. The third kappa shape index (κ3) is 4.13. The molecule has 1 saturated heterocycles. The number of anilines is 1. The van der Waals surface area contributed by atoms with Gasteiger partial charge in [0.15, 0.2) is 0 Å². The van der Waals surface area contributed by atoms with Gasteiger partial charge in [0.25, 0.3) is 11.7 Å². The number of nitrogens with zero attached hydrogens (tertiary/aromatic N) is 2. The summed E-state index contributed by atoms with van der Waals surface area (Å²) in [5, 5.41) is 13.1. The number of aromatic nitrogens is 1. The number of para-hydroxylation sites is 1. The Morgan fingerprint density at radius 2 is 1.70 bits per heavy atom. The second-order valence-corrected chi connectivity index (χ2v) is 11.1. The van der Waals surface area contributed by atoms with E-state index in [1.807, 2.05) is 67.2 Å². The highest BCUT2D eigenvalue weighted by Gasteiger charge is 2.48. The van der Waals surface area contributed by atoms with E-state index >= 15 is 0 Å². The number of ketones is 1. The van der Waals surface area contributed by atoms with Gasteiger partial charge in [0.1, 0.15) is 5.76 Å². The van der Waals surface area contributed by atoms with Crippen LogP contribution in [0.1, 0.15) is 49.1 Å². The zero-order chi connectivity index (χ0) is 26.6. The fourth-order valence-corrected chi connectivity index (χ4v) is 5.28. The molecule has 1 atom stereocenters. The predicted molar refractivity (Wildman–Crippen MR) is 149 cm³/mol. The first-order valence-corrected chi connectivity index (χ1v) is 12.6. The van der Waals surface area contributed by atoms with Crippen molar-refractivity contribution in [3.8, 4) is 0 Å². The number of fused-ring (bicyclic) bond motifs is 1. The molecule has 6 heteroatoms. The largest absolute Gasteiger partial charge is 0.507 e. The summed E-state index contributed by atoms with van der Waals surface area (Å²) in [6.45, 7) is 8.17. The normalized spacial score (nSPS) is 17.7. The molecule has 4 aromatic rings. The maximum absolute atomic E-state index is 13.7. The van der Waals surface area contributed by atoms with Crippen LogP contribution in [-0.4, -0.2) is 21.4 Å². The number of benzene rings is 3. The summed E-state index contributed by atoms with van der Waals surface area (Å²) in [6.07, 6.45) is 1.92. The molecule has 5 rings (SSSR count). The Balaban J connectivity index is 1.82. The number of hydrogen-bond acceptors (Lipinski definition) is 3. The van der Waals surface area contributed by atoms with Crippen LogP contribution in [0.2, 0.25) is 5.02 Å². The van der Waals surface area contributed by atoms with Gasteiger partial charge in [0.2, 0.25) is 0 Å². The predicted octanol–water partition coefficient (Wildman–Crippen LogP) is 7.06. The Bertz CT molecular complexity index is 1610. The first-order chi connectivity index (χ1) is 17.5. The number of hydrogen-bond donors (Lipinski definition) is 1. The van der Waals surface area contributed by atoms with E-state index in [2.05, 4.69) is 20.8 Å². The highest BCUT2D eigenvalue weighted by molar-refractivity contribution is 6.52. The summed E-state index contributed by atoms with van der Waals surface area (Å²) >= 11 is 6.29. The molecule has 1 amide bonds. The minimum atomic E-state index is -0.831. The highest BCUT2D eigenvalue weighted by Crippen LogP contribution is 2.45. The quantitative estimate of drug-likeness (QED) is 0.181. The molecule has 1 aromatic heterocycles. The first kappa shape index (κ1) is 24.8. The van der Waals surface area contributed by atoms with Crippen molar-refractivity contribution in [3.05, 3.63) is 106 Å². The van der Waals surface area contributed by atoms with Gasteiger partial charge >= 0.3 is 0 Å². The van der Waals surface area contributed by atoms with E-state index in [0.29, 0.717) is 16.3 Å². The fraction of sp³-hybridized carbons (Fsp3) is 0.226. The number of aliphatic hydroxyl groups is 1. The molecule has 188 valence electrons. The van der Waals surface area contributed by atoms with E-state index in [-0.39, 0.29) is 16.7 Å². The molecular weight excluding hydrogens is 484 g/mol. The number of Topliss-reactive ketones (excluding diaryl/α,β-unsaturated/α-hetero) is 1. The molecule has 0 bridgehead atoms. The number of halogens is 1. The SMILES string of the molecule is Cc1ccc(C(C)(C)C)cc1/C(O)=C1\C(=O)C(=O)N(c2cccc(Cl)c2)C1c1cn(C)c2ccccc12. The smallest absolute Gasteiger partial charge is 0.300 e. The molecule has 0 radical (unpaired) electrons. The number of rotatable bonds is 3. The van der Waals surface area contributed by atoms with Crippen LogP contribution >= 0.6 is 11.6 Å². The van der Waals surface area contributed by atoms with Crippen molar-refractivity contribution in [1.29, 1.82) is 0 Å². The van der Waals surface area contributed by atoms with Gasteiger partial charge < -0.3 is 9.67 Å². The lowest BCUT2D eigenvalue weighted by Gasteiger charge is -2.25. The zero-order valence-corrected chi connectivity index (χ0v) is 22.3. The maximum Gasteiger partial charge on any atom is 0.300 e. The molecule has 1 aliphatic rings. The molecule has 5 nitrogen and oxygen atoms in total. The summed E-state index contributed by atoms with van der Waals surface area (Å²) in [4.78, 5) is 28.7. The molecule has 0 aliphatic carbocycles. The molecule has 0 saturated carbocycles. The third-order valence-electron chi connectivity index (χ3n) is 7.11. The molecular formula is C31H29ClN2O3. The maximum atomic E-state index is 13.7. The summed E-state index contributed by atoms with van der Waals surface area (Å²) in [6, 6.07) is 19.8. The minimum absolute atomic E-state index is 0.0653. The number of aryl methyl sites for hydroxylation is 2. The second-order valence-electron chi connectivity index (χ2n) is 10.6. The van der Waals surface area contributed by atoms with Crippen LogP contribution in [0.5, 0.6) is 0 Å². The summed E-state index contributed by atoms with van der Waals surface area (Å²) in [5.41, 5.74) is 4.49. The molecule has 1 unspecified atom stereocenters. The van der Waals surface area contributed by atoms with Gasteiger partial charge in [-0.15, -0.1) is 0 Å². The van der Waals surface area contributed by atoms with Crippen LogP contribution in [-0.2, 0) is 22.1 Å². The molecule has 0 spiro atoms. The topological polar surface area (TPSA) is 62.5 Å². The van der Waals surface area contributed by atoms with Crippen LogP contribution in [0.3, 0.4) is 0 Å². The van der Waals surface area contributed by atoms with Gasteiger partial charge in [-0.2, -0.15) is 0 Å².